The first kappa shape index (κ1) is 24.2. The van der Waals surface area contributed by atoms with Gasteiger partial charge in [-0.05, 0) is 32.4 Å². The molecule has 0 unspecified atom stereocenters. The molecule has 0 aliphatic rings. The second-order valence-electron chi connectivity index (χ2n) is 6.08. The summed E-state index contributed by atoms with van der Waals surface area (Å²) in [5.41, 5.74) is 2.23. The molecule has 0 amide bonds. The van der Waals surface area contributed by atoms with E-state index in [2.05, 4.69) is 47.7 Å². The lowest BCUT2D eigenvalue weighted by atomic mass is 10.1. The Morgan fingerprint density at radius 3 is 2.79 bits per heavy atom. The van der Waals surface area contributed by atoms with Crippen molar-refractivity contribution >= 4 is 29.9 Å². The molecule has 2 rings (SSSR count). The summed E-state index contributed by atoms with van der Waals surface area (Å²) in [6.45, 7) is 10.9. The van der Waals surface area contributed by atoms with E-state index in [1.165, 1.54) is 5.56 Å². The molecule has 0 atom stereocenters. The van der Waals surface area contributed by atoms with Crippen LogP contribution in [-0.2, 0) is 17.8 Å². The monoisotopic (exact) mass is 501 g/mol. The van der Waals surface area contributed by atoms with E-state index in [1.807, 2.05) is 24.0 Å². The first-order valence-corrected chi connectivity index (χ1v) is 9.51. The lowest BCUT2D eigenvalue weighted by Gasteiger charge is -2.14. The van der Waals surface area contributed by atoms with Crippen molar-refractivity contribution < 1.29 is 9.47 Å². The number of benzene rings is 1. The predicted molar refractivity (Wildman–Crippen MR) is 124 cm³/mol. The molecule has 0 spiro atoms. The van der Waals surface area contributed by atoms with Crippen LogP contribution in [0, 0.1) is 6.92 Å². The van der Waals surface area contributed by atoms with Gasteiger partial charge in [-0.25, -0.2) is 9.98 Å². The molecular weight excluding hydrogens is 469 g/mol. The molecule has 0 aliphatic heterocycles. The number of rotatable bonds is 11. The number of guanidine groups is 1. The summed E-state index contributed by atoms with van der Waals surface area (Å²) in [4.78, 5) is 8.75. The lowest BCUT2D eigenvalue weighted by molar-refractivity contribution is 0.110. The lowest BCUT2D eigenvalue weighted by Crippen LogP contribution is -2.38. The molecule has 1 aromatic heterocycles. The van der Waals surface area contributed by atoms with E-state index in [9.17, 15) is 0 Å². The molecular formula is C20H32IN5O2. The van der Waals surface area contributed by atoms with Gasteiger partial charge in [0.05, 0.1) is 19.5 Å². The summed E-state index contributed by atoms with van der Waals surface area (Å²) >= 11 is 0. The van der Waals surface area contributed by atoms with Crippen molar-refractivity contribution in [3.05, 3.63) is 48.0 Å². The van der Waals surface area contributed by atoms with Crippen molar-refractivity contribution in [1.29, 1.82) is 0 Å². The van der Waals surface area contributed by atoms with E-state index in [4.69, 9.17) is 14.5 Å². The van der Waals surface area contributed by atoms with Crippen LogP contribution in [0.3, 0.4) is 0 Å². The second-order valence-corrected chi connectivity index (χ2v) is 6.08. The van der Waals surface area contributed by atoms with E-state index in [1.54, 1.807) is 6.20 Å². The van der Waals surface area contributed by atoms with Crippen LogP contribution in [0.5, 0.6) is 5.75 Å². The van der Waals surface area contributed by atoms with Gasteiger partial charge in [0.25, 0.3) is 0 Å². The molecule has 2 N–H and O–H groups in total. The Hall–Kier alpha value is -1.81. The zero-order valence-corrected chi connectivity index (χ0v) is 19.3. The fourth-order valence-corrected chi connectivity index (χ4v) is 2.51. The normalized spacial score (nSPS) is 11.0. The van der Waals surface area contributed by atoms with E-state index in [-0.39, 0.29) is 24.0 Å². The number of ether oxygens (including phenoxy) is 2. The Balaban J connectivity index is 0.00000392. The highest BCUT2D eigenvalue weighted by Gasteiger charge is 2.05. The number of aliphatic imine (C=N–C) groups is 1. The number of hydrogen-bond acceptors (Lipinski definition) is 4. The molecule has 2 aromatic rings. The minimum Gasteiger partial charge on any atom is -0.491 e. The zero-order chi connectivity index (χ0) is 19.3. The Morgan fingerprint density at radius 2 is 2.07 bits per heavy atom. The molecule has 28 heavy (non-hydrogen) atoms. The number of nitrogens with one attached hydrogen (secondary N) is 2. The minimum atomic E-state index is 0. The van der Waals surface area contributed by atoms with Crippen molar-refractivity contribution in [3.8, 4) is 5.75 Å². The molecule has 0 fully saturated rings. The smallest absolute Gasteiger partial charge is 0.191 e. The number of halogens is 1. The van der Waals surface area contributed by atoms with E-state index < -0.39 is 0 Å². The topological polar surface area (TPSA) is 72.7 Å². The molecule has 156 valence electrons. The van der Waals surface area contributed by atoms with E-state index >= 15 is 0 Å². The summed E-state index contributed by atoms with van der Waals surface area (Å²) < 4.78 is 13.3. The average Bonchev–Trinajstić information content (AvgIpc) is 3.18. The summed E-state index contributed by atoms with van der Waals surface area (Å²) in [7, 11) is 0. The third-order valence-electron chi connectivity index (χ3n) is 3.89. The number of imidazole rings is 1. The maximum atomic E-state index is 5.90. The van der Waals surface area contributed by atoms with Gasteiger partial charge in [0.1, 0.15) is 12.4 Å². The van der Waals surface area contributed by atoms with Crippen LogP contribution in [0.1, 0.15) is 25.0 Å². The van der Waals surface area contributed by atoms with Gasteiger partial charge in [0, 0.05) is 44.2 Å². The predicted octanol–water partition coefficient (Wildman–Crippen LogP) is 2.98. The van der Waals surface area contributed by atoms with Gasteiger partial charge in [0.15, 0.2) is 5.96 Å². The van der Waals surface area contributed by atoms with Gasteiger partial charge in [0.2, 0.25) is 0 Å². The highest BCUT2D eigenvalue weighted by atomic mass is 127. The maximum absolute atomic E-state index is 5.90. The Labute approximate surface area is 185 Å². The number of aromatic nitrogens is 2. The van der Waals surface area contributed by atoms with Crippen molar-refractivity contribution in [3.63, 3.8) is 0 Å². The number of hydrogen-bond donors (Lipinski definition) is 2. The van der Waals surface area contributed by atoms with Gasteiger partial charge < -0.3 is 24.7 Å². The van der Waals surface area contributed by atoms with Crippen molar-refractivity contribution in [2.45, 2.75) is 33.9 Å². The molecule has 0 saturated heterocycles. The highest BCUT2D eigenvalue weighted by molar-refractivity contribution is 14.0. The Kier molecular flexibility index (Phi) is 12.3. The molecule has 0 radical (unpaired) electrons. The van der Waals surface area contributed by atoms with Crippen LogP contribution < -0.4 is 15.4 Å². The van der Waals surface area contributed by atoms with Gasteiger partial charge in [-0.3, -0.25) is 0 Å². The van der Waals surface area contributed by atoms with Gasteiger partial charge in [-0.15, -0.1) is 24.0 Å². The highest BCUT2D eigenvalue weighted by Crippen LogP contribution is 2.21. The van der Waals surface area contributed by atoms with E-state index in [0.29, 0.717) is 26.4 Å². The van der Waals surface area contributed by atoms with Crippen LogP contribution in [-0.4, -0.2) is 48.4 Å². The standard InChI is InChI=1S/C20H31N5O2.HI/c1-4-22-20(23-9-11-25-10-8-21-16-25)24-15-18-7-6-17(3)14-19(18)27-13-12-26-5-2;/h6-8,10,14,16H,4-5,9,11-13,15H2,1-3H3,(H2,22,23,24);1H. The molecule has 0 aliphatic carbocycles. The van der Waals surface area contributed by atoms with Crippen LogP contribution >= 0.6 is 24.0 Å². The van der Waals surface area contributed by atoms with Crippen LogP contribution in [0.2, 0.25) is 0 Å². The maximum Gasteiger partial charge on any atom is 0.191 e. The van der Waals surface area contributed by atoms with E-state index in [0.717, 1.165) is 36.9 Å². The van der Waals surface area contributed by atoms with Crippen LogP contribution in [0.4, 0.5) is 0 Å². The first-order valence-electron chi connectivity index (χ1n) is 9.51. The number of aryl methyl sites for hydroxylation is 1. The molecule has 0 saturated carbocycles. The van der Waals surface area contributed by atoms with Crippen molar-refractivity contribution in [2.24, 2.45) is 4.99 Å². The Morgan fingerprint density at radius 1 is 1.21 bits per heavy atom. The third kappa shape index (κ3) is 8.92. The summed E-state index contributed by atoms with van der Waals surface area (Å²) in [6.07, 6.45) is 5.54. The van der Waals surface area contributed by atoms with Gasteiger partial charge in [-0.1, -0.05) is 12.1 Å². The SMILES string of the molecule is CCNC(=NCc1ccc(C)cc1OCCOCC)NCCn1ccnc1.I. The quantitative estimate of drug-likeness (QED) is 0.215. The zero-order valence-electron chi connectivity index (χ0n) is 17.0. The summed E-state index contributed by atoms with van der Waals surface area (Å²) in [6, 6.07) is 6.21. The fourth-order valence-electron chi connectivity index (χ4n) is 2.51. The molecule has 0 bridgehead atoms. The Bertz CT molecular complexity index is 692. The van der Waals surface area contributed by atoms with Crippen LogP contribution in [0.25, 0.3) is 0 Å². The molecule has 1 aromatic carbocycles. The van der Waals surface area contributed by atoms with Crippen molar-refractivity contribution in [1.82, 2.24) is 20.2 Å². The summed E-state index contributed by atoms with van der Waals surface area (Å²) in [5, 5.41) is 6.63. The minimum absolute atomic E-state index is 0. The van der Waals surface area contributed by atoms with Gasteiger partial charge >= 0.3 is 0 Å². The second kappa shape index (κ2) is 14.2. The average molecular weight is 501 g/mol. The fraction of sp³-hybridized carbons (Fsp3) is 0.500. The van der Waals surface area contributed by atoms with Gasteiger partial charge in [-0.2, -0.15) is 0 Å². The van der Waals surface area contributed by atoms with Crippen molar-refractivity contribution in [2.75, 3.05) is 32.9 Å². The molecule has 7 nitrogen and oxygen atoms in total. The first-order chi connectivity index (χ1) is 13.2. The summed E-state index contributed by atoms with van der Waals surface area (Å²) in [5.74, 6) is 1.66. The largest absolute Gasteiger partial charge is 0.491 e. The molecule has 1 heterocycles. The number of nitrogens with zero attached hydrogens (tertiary/aromatic N) is 3. The third-order valence-corrected chi connectivity index (χ3v) is 3.89. The molecule has 8 heteroatoms. The van der Waals surface area contributed by atoms with Crippen LogP contribution in [0.15, 0.2) is 41.9 Å².